The molecule has 0 aliphatic rings. The Bertz CT molecular complexity index is 1060. The standard InChI is InChI=1S/C17H14Cl3N5O2/c1-3-23(14-9-10(2)7-8-11(14)18)16(26)25-17(27)24(21-22-25)15-12(19)5-4-6-13(15)20/h4-9H,3H2,1-2H3. The predicted molar refractivity (Wildman–Crippen MR) is 106 cm³/mol. The normalized spacial score (nSPS) is 10.9. The van der Waals surface area contributed by atoms with Gasteiger partial charge >= 0.3 is 11.7 Å². The molecule has 0 saturated carbocycles. The Kier molecular flexibility index (Phi) is 5.55. The molecule has 0 aliphatic carbocycles. The monoisotopic (exact) mass is 425 g/mol. The van der Waals surface area contributed by atoms with Gasteiger partial charge in [-0.25, -0.2) is 9.59 Å². The van der Waals surface area contributed by atoms with Gasteiger partial charge in [-0.15, -0.1) is 4.68 Å². The summed E-state index contributed by atoms with van der Waals surface area (Å²) < 4.78 is 1.52. The largest absolute Gasteiger partial charge is 0.377 e. The van der Waals surface area contributed by atoms with Crippen molar-refractivity contribution in [2.75, 3.05) is 11.4 Å². The van der Waals surface area contributed by atoms with Gasteiger partial charge in [0.2, 0.25) is 0 Å². The fourth-order valence-corrected chi connectivity index (χ4v) is 3.33. The van der Waals surface area contributed by atoms with Gasteiger partial charge in [0, 0.05) is 6.54 Å². The van der Waals surface area contributed by atoms with Crippen LogP contribution in [0.4, 0.5) is 10.5 Å². The highest BCUT2D eigenvalue weighted by Crippen LogP contribution is 2.28. The molecule has 2 aromatic carbocycles. The smallest absolute Gasteiger partial charge is 0.291 e. The molecule has 3 aromatic rings. The maximum Gasteiger partial charge on any atom is 0.377 e. The number of para-hydroxylation sites is 1. The molecule has 0 atom stereocenters. The maximum absolute atomic E-state index is 12.9. The van der Waals surface area contributed by atoms with E-state index in [1.54, 1.807) is 37.3 Å². The predicted octanol–water partition coefficient (Wildman–Crippen LogP) is 4.19. The summed E-state index contributed by atoms with van der Waals surface area (Å²) in [5.74, 6) is 0. The van der Waals surface area contributed by atoms with Crippen LogP contribution in [0.5, 0.6) is 0 Å². The second-order valence-corrected chi connectivity index (χ2v) is 6.86. The maximum atomic E-state index is 12.9. The van der Waals surface area contributed by atoms with Gasteiger partial charge in [-0.05, 0) is 54.1 Å². The Hall–Kier alpha value is -2.35. The lowest BCUT2D eigenvalue weighted by Gasteiger charge is -2.21. The highest BCUT2D eigenvalue weighted by Gasteiger charge is 2.24. The molecule has 1 aromatic heterocycles. The van der Waals surface area contributed by atoms with Gasteiger partial charge < -0.3 is 0 Å². The van der Waals surface area contributed by atoms with Crippen molar-refractivity contribution < 1.29 is 4.79 Å². The minimum atomic E-state index is -0.794. The van der Waals surface area contributed by atoms with E-state index < -0.39 is 11.7 Å². The van der Waals surface area contributed by atoms with Gasteiger partial charge in [-0.2, -0.15) is 4.68 Å². The van der Waals surface area contributed by atoms with E-state index in [1.165, 1.54) is 4.90 Å². The van der Waals surface area contributed by atoms with E-state index in [1.807, 2.05) is 13.0 Å². The lowest BCUT2D eigenvalue weighted by Crippen LogP contribution is -2.41. The third-order valence-electron chi connectivity index (χ3n) is 3.85. The Morgan fingerprint density at radius 1 is 1.07 bits per heavy atom. The number of aromatic nitrogens is 4. The molecule has 1 amide bonds. The van der Waals surface area contributed by atoms with Crippen LogP contribution in [0.2, 0.25) is 15.1 Å². The molecule has 0 spiro atoms. The average Bonchev–Trinajstić information content (AvgIpc) is 3.00. The molecule has 0 bridgehead atoms. The average molecular weight is 427 g/mol. The quantitative estimate of drug-likeness (QED) is 0.589. The van der Waals surface area contributed by atoms with Gasteiger partial charge in [0.1, 0.15) is 5.69 Å². The van der Waals surface area contributed by atoms with Crippen LogP contribution in [0.15, 0.2) is 41.2 Å². The van der Waals surface area contributed by atoms with E-state index in [4.69, 9.17) is 34.8 Å². The molecule has 0 saturated heterocycles. The number of carbonyl (C=O) groups is 1. The van der Waals surface area contributed by atoms with Crippen LogP contribution >= 0.6 is 34.8 Å². The fraction of sp³-hybridized carbons (Fsp3) is 0.176. The van der Waals surface area contributed by atoms with Crippen LogP contribution in [-0.4, -0.2) is 32.4 Å². The number of tetrazole rings is 1. The number of rotatable bonds is 3. The Labute approximate surface area is 169 Å². The van der Waals surface area contributed by atoms with Crippen molar-refractivity contribution in [3.8, 4) is 5.69 Å². The zero-order valence-electron chi connectivity index (χ0n) is 14.4. The Morgan fingerprint density at radius 2 is 1.74 bits per heavy atom. The SMILES string of the molecule is CCN(C(=O)n1nnn(-c2c(Cl)cccc2Cl)c1=O)c1cc(C)ccc1Cl. The highest BCUT2D eigenvalue weighted by molar-refractivity contribution is 6.37. The summed E-state index contributed by atoms with van der Waals surface area (Å²) in [4.78, 5) is 27.0. The second kappa shape index (κ2) is 7.72. The molecule has 140 valence electrons. The van der Waals surface area contributed by atoms with Crippen LogP contribution in [0.3, 0.4) is 0 Å². The molecule has 1 heterocycles. The highest BCUT2D eigenvalue weighted by atomic mass is 35.5. The summed E-state index contributed by atoms with van der Waals surface area (Å²) in [6.07, 6.45) is 0. The van der Waals surface area contributed by atoms with Crippen LogP contribution in [0.25, 0.3) is 5.69 Å². The Morgan fingerprint density at radius 3 is 2.37 bits per heavy atom. The third-order valence-corrected chi connectivity index (χ3v) is 4.78. The molecule has 0 unspecified atom stereocenters. The van der Waals surface area contributed by atoms with Gasteiger partial charge in [0.25, 0.3) is 0 Å². The number of aryl methyl sites for hydroxylation is 1. The van der Waals surface area contributed by atoms with E-state index in [0.29, 0.717) is 15.4 Å². The molecule has 0 radical (unpaired) electrons. The Balaban J connectivity index is 2.07. The molecule has 0 aliphatic heterocycles. The summed E-state index contributed by atoms with van der Waals surface area (Å²) in [6.45, 7) is 3.91. The van der Waals surface area contributed by atoms with Crippen LogP contribution < -0.4 is 10.6 Å². The molecular weight excluding hydrogens is 413 g/mol. The van der Waals surface area contributed by atoms with Gasteiger partial charge in [-0.3, -0.25) is 4.90 Å². The zero-order chi connectivity index (χ0) is 19.7. The minimum Gasteiger partial charge on any atom is -0.291 e. The van der Waals surface area contributed by atoms with Crippen LogP contribution in [-0.2, 0) is 0 Å². The first-order valence-electron chi connectivity index (χ1n) is 7.92. The van der Waals surface area contributed by atoms with E-state index in [9.17, 15) is 9.59 Å². The fourth-order valence-electron chi connectivity index (χ4n) is 2.55. The zero-order valence-corrected chi connectivity index (χ0v) is 16.6. The first-order chi connectivity index (χ1) is 12.8. The van der Waals surface area contributed by atoms with Gasteiger partial charge in [-0.1, -0.05) is 46.9 Å². The van der Waals surface area contributed by atoms with Crippen molar-refractivity contribution >= 4 is 46.5 Å². The summed E-state index contributed by atoms with van der Waals surface area (Å²) in [7, 11) is 0. The van der Waals surface area contributed by atoms with Crippen molar-refractivity contribution in [2.45, 2.75) is 13.8 Å². The molecule has 0 N–H and O–H groups in total. The van der Waals surface area contributed by atoms with E-state index in [0.717, 1.165) is 10.2 Å². The topological polar surface area (TPSA) is 73.0 Å². The van der Waals surface area contributed by atoms with Crippen molar-refractivity contribution in [1.29, 1.82) is 0 Å². The van der Waals surface area contributed by atoms with Crippen molar-refractivity contribution in [3.05, 3.63) is 67.5 Å². The number of anilines is 1. The summed E-state index contributed by atoms with van der Waals surface area (Å²) in [6, 6.07) is 9.32. The van der Waals surface area contributed by atoms with E-state index >= 15 is 0 Å². The van der Waals surface area contributed by atoms with Crippen LogP contribution in [0, 0.1) is 6.92 Å². The molecule has 27 heavy (non-hydrogen) atoms. The lowest BCUT2D eigenvalue weighted by molar-refractivity contribution is 0.244. The number of hydrogen-bond acceptors (Lipinski definition) is 4. The number of amides is 1. The summed E-state index contributed by atoms with van der Waals surface area (Å²) in [5.41, 5.74) is 0.750. The van der Waals surface area contributed by atoms with Gasteiger partial charge in [0.05, 0.1) is 20.8 Å². The van der Waals surface area contributed by atoms with Crippen molar-refractivity contribution in [1.82, 2.24) is 19.8 Å². The molecular formula is C17H14Cl3N5O2. The van der Waals surface area contributed by atoms with Crippen molar-refractivity contribution in [2.24, 2.45) is 0 Å². The van der Waals surface area contributed by atoms with E-state index in [2.05, 4.69) is 10.4 Å². The number of nitrogens with zero attached hydrogens (tertiary/aromatic N) is 5. The first kappa shape index (κ1) is 19.4. The number of hydrogen-bond donors (Lipinski definition) is 0. The molecule has 7 nitrogen and oxygen atoms in total. The van der Waals surface area contributed by atoms with E-state index in [-0.39, 0.29) is 22.3 Å². The molecule has 10 heteroatoms. The van der Waals surface area contributed by atoms with Gasteiger partial charge in [0.15, 0.2) is 0 Å². The second-order valence-electron chi connectivity index (χ2n) is 5.64. The summed E-state index contributed by atoms with van der Waals surface area (Å²) in [5, 5.41) is 8.23. The number of halogens is 3. The third kappa shape index (κ3) is 3.58. The minimum absolute atomic E-state index is 0.154. The number of benzene rings is 2. The molecule has 3 rings (SSSR count). The number of carbonyl (C=O) groups excluding carboxylic acids is 1. The van der Waals surface area contributed by atoms with Crippen molar-refractivity contribution in [3.63, 3.8) is 0 Å². The first-order valence-corrected chi connectivity index (χ1v) is 9.06. The summed E-state index contributed by atoms with van der Waals surface area (Å²) >= 11 is 18.5. The van der Waals surface area contributed by atoms with Crippen LogP contribution in [0.1, 0.15) is 12.5 Å². The molecule has 0 fully saturated rings. The lowest BCUT2D eigenvalue weighted by atomic mass is 10.2.